The molecule has 0 aliphatic rings. The van der Waals surface area contributed by atoms with Crippen molar-refractivity contribution in [2.45, 2.75) is 17.4 Å². The van der Waals surface area contributed by atoms with Crippen LogP contribution in [0.25, 0.3) is 0 Å². The highest BCUT2D eigenvalue weighted by Crippen LogP contribution is 2.54. The van der Waals surface area contributed by atoms with Crippen LogP contribution in [0.3, 0.4) is 0 Å². The van der Waals surface area contributed by atoms with Gasteiger partial charge in [0.25, 0.3) is 5.69 Å². The molecule has 0 bridgehead atoms. The third-order valence-electron chi connectivity index (χ3n) is 3.15. The van der Waals surface area contributed by atoms with Gasteiger partial charge in [0.2, 0.25) is 0 Å². The number of thioether (sulfide) groups is 1. The topological polar surface area (TPSA) is 201 Å². The van der Waals surface area contributed by atoms with Crippen LogP contribution >= 0.6 is 19.5 Å². The van der Waals surface area contributed by atoms with E-state index >= 15 is 0 Å². The van der Waals surface area contributed by atoms with Crippen molar-refractivity contribution in [1.29, 1.82) is 0 Å². The van der Waals surface area contributed by atoms with Gasteiger partial charge in [0.05, 0.1) is 21.1 Å². The molecule has 1 aromatic carbocycles. The van der Waals surface area contributed by atoms with Crippen molar-refractivity contribution in [3.05, 3.63) is 33.9 Å². The first-order chi connectivity index (χ1) is 12.0. The molecule has 0 saturated heterocycles. The predicted molar refractivity (Wildman–Crippen MR) is 92.2 cm³/mol. The van der Waals surface area contributed by atoms with E-state index in [0.29, 0.717) is 11.8 Å². The van der Waals surface area contributed by atoms with E-state index in [1.807, 2.05) is 0 Å². The molecular formula is C13H16N2O9PS+. The SMILES string of the molecule is NC(CC[P+](O)(O)C(=O)c1ccc(SCC(=O)O)c([N+](=O)[O-])c1)C(=O)O. The highest BCUT2D eigenvalue weighted by atomic mass is 32.2. The molecule has 0 spiro atoms. The number of hydrogen-bond acceptors (Lipinski definition) is 9. The highest BCUT2D eigenvalue weighted by molar-refractivity contribution is 8.00. The van der Waals surface area contributed by atoms with Gasteiger partial charge in [-0.15, -0.1) is 11.8 Å². The van der Waals surface area contributed by atoms with Crippen LogP contribution in [-0.2, 0) is 9.59 Å². The summed E-state index contributed by atoms with van der Waals surface area (Å²) in [5.74, 6) is -2.99. The zero-order chi connectivity index (χ0) is 20.1. The van der Waals surface area contributed by atoms with Crippen LogP contribution in [0.2, 0.25) is 0 Å². The van der Waals surface area contributed by atoms with Gasteiger partial charge < -0.3 is 15.9 Å². The van der Waals surface area contributed by atoms with Gasteiger partial charge in [0.1, 0.15) is 12.2 Å². The molecule has 1 rings (SSSR count). The number of carboxylic acids is 2. The van der Waals surface area contributed by atoms with Crippen LogP contribution < -0.4 is 5.73 Å². The van der Waals surface area contributed by atoms with Gasteiger partial charge >= 0.3 is 25.2 Å². The van der Waals surface area contributed by atoms with Crippen LogP contribution in [-0.4, -0.2) is 60.3 Å². The Morgan fingerprint density at radius 2 is 1.88 bits per heavy atom. The first kappa shape index (κ1) is 21.9. The first-order valence-electron chi connectivity index (χ1n) is 6.95. The second-order valence-corrected chi connectivity index (χ2v) is 8.45. The van der Waals surface area contributed by atoms with Crippen molar-refractivity contribution in [2.24, 2.45) is 5.73 Å². The average Bonchev–Trinajstić information content (AvgIpc) is 2.56. The molecule has 142 valence electrons. The number of aliphatic carboxylic acids is 2. The maximum absolute atomic E-state index is 12.2. The third-order valence-corrected chi connectivity index (χ3v) is 5.99. The fourth-order valence-corrected chi connectivity index (χ4v) is 3.92. The van der Waals surface area contributed by atoms with Crippen LogP contribution in [0.4, 0.5) is 5.69 Å². The van der Waals surface area contributed by atoms with Gasteiger partial charge in [-0.05, 0) is 12.1 Å². The van der Waals surface area contributed by atoms with Crippen LogP contribution in [0.15, 0.2) is 23.1 Å². The number of benzene rings is 1. The normalized spacial score (nSPS) is 12.4. The summed E-state index contributed by atoms with van der Waals surface area (Å²) >= 11 is 0.679. The number of carbonyl (C=O) groups is 3. The molecule has 0 fully saturated rings. The molecule has 13 heteroatoms. The second kappa shape index (κ2) is 9.01. The molecule has 6 N–H and O–H groups in total. The number of carbonyl (C=O) groups excluding carboxylic acids is 1. The fraction of sp³-hybridized carbons (Fsp3) is 0.308. The molecule has 0 aromatic heterocycles. The number of nitrogens with two attached hydrogens (primary N) is 1. The van der Waals surface area contributed by atoms with Crippen LogP contribution in [0.1, 0.15) is 16.8 Å². The molecule has 1 unspecified atom stereocenters. The predicted octanol–water partition coefficient (Wildman–Crippen LogP) is 0.546. The number of hydrogen-bond donors (Lipinski definition) is 5. The highest BCUT2D eigenvalue weighted by Gasteiger charge is 2.45. The standard InChI is InChI=1S/C13H15N2O9PS/c14-8(12(18)19)3-4-25(23,24)13(20)7-1-2-10(26-6-11(16)17)9(5-7)15(21)22/h1-2,5,8,23-24H,3-4,6,14H2,(H-,16,17,18,19)/p+1. The molecular weight excluding hydrogens is 391 g/mol. The van der Waals surface area contributed by atoms with Gasteiger partial charge in [0, 0.05) is 12.5 Å². The molecule has 11 nitrogen and oxygen atoms in total. The van der Waals surface area contributed by atoms with E-state index in [9.17, 15) is 34.3 Å². The van der Waals surface area contributed by atoms with Gasteiger partial charge in [0.15, 0.2) is 0 Å². The number of nitrogens with zero attached hydrogens (tertiary/aromatic N) is 1. The minimum Gasteiger partial charge on any atom is -0.481 e. The van der Waals surface area contributed by atoms with E-state index in [2.05, 4.69) is 0 Å². The monoisotopic (exact) mass is 407 g/mol. The van der Waals surface area contributed by atoms with E-state index < -0.39 is 53.7 Å². The van der Waals surface area contributed by atoms with Crippen molar-refractivity contribution < 1.29 is 39.3 Å². The largest absolute Gasteiger partial charge is 0.481 e. The summed E-state index contributed by atoms with van der Waals surface area (Å²) in [5.41, 5.74) is 3.19. The Labute approximate surface area is 151 Å². The molecule has 1 atom stereocenters. The minimum atomic E-state index is -4.25. The Morgan fingerprint density at radius 3 is 2.38 bits per heavy atom. The van der Waals surface area contributed by atoms with E-state index in [0.717, 1.165) is 18.2 Å². The summed E-state index contributed by atoms with van der Waals surface area (Å²) < 4.78 is 0. The number of nitro groups is 1. The maximum atomic E-state index is 12.2. The smallest absolute Gasteiger partial charge is 0.356 e. The Bertz CT molecular complexity index is 740. The first-order valence-corrected chi connectivity index (χ1v) is 9.82. The summed E-state index contributed by atoms with van der Waals surface area (Å²) in [7, 11) is -4.25. The minimum absolute atomic E-state index is 0.00154. The fourth-order valence-electron chi connectivity index (χ4n) is 1.81. The van der Waals surface area contributed by atoms with Gasteiger partial charge in [-0.3, -0.25) is 19.7 Å². The molecule has 0 aliphatic carbocycles. The Balaban J connectivity index is 3.04. The van der Waals surface area contributed by atoms with E-state index in [1.165, 1.54) is 0 Å². The van der Waals surface area contributed by atoms with Crippen LogP contribution in [0, 0.1) is 10.1 Å². The summed E-state index contributed by atoms with van der Waals surface area (Å²) in [4.78, 5) is 63.7. The summed E-state index contributed by atoms with van der Waals surface area (Å²) in [5, 5.41) is 28.4. The third kappa shape index (κ3) is 6.00. The lowest BCUT2D eigenvalue weighted by Gasteiger charge is -2.12. The second-order valence-electron chi connectivity index (χ2n) is 5.11. The number of nitro benzene ring substituents is 1. The number of rotatable bonds is 10. The quantitative estimate of drug-likeness (QED) is 0.157. The molecule has 0 amide bonds. The molecule has 0 saturated carbocycles. The lowest BCUT2D eigenvalue weighted by molar-refractivity contribution is -0.387. The molecule has 26 heavy (non-hydrogen) atoms. The summed E-state index contributed by atoms with van der Waals surface area (Å²) in [6.07, 6.45) is -0.945. The van der Waals surface area contributed by atoms with Crippen LogP contribution in [0.5, 0.6) is 0 Å². The van der Waals surface area contributed by atoms with Crippen molar-refractivity contribution in [2.75, 3.05) is 11.9 Å². The van der Waals surface area contributed by atoms with Crippen molar-refractivity contribution in [1.82, 2.24) is 0 Å². The Kier molecular flexibility index (Phi) is 7.60. The Morgan fingerprint density at radius 1 is 1.27 bits per heavy atom. The van der Waals surface area contributed by atoms with Crippen molar-refractivity contribution in [3.8, 4) is 0 Å². The zero-order valence-corrected chi connectivity index (χ0v) is 14.9. The average molecular weight is 407 g/mol. The van der Waals surface area contributed by atoms with E-state index in [1.54, 1.807) is 0 Å². The molecule has 0 heterocycles. The summed E-state index contributed by atoms with van der Waals surface area (Å²) in [6, 6.07) is 1.69. The molecule has 1 aromatic rings. The van der Waals surface area contributed by atoms with Gasteiger partial charge in [-0.1, -0.05) is 0 Å². The molecule has 0 radical (unpaired) electrons. The molecule has 0 aliphatic heterocycles. The lowest BCUT2D eigenvalue weighted by Crippen LogP contribution is -2.31. The van der Waals surface area contributed by atoms with Crippen molar-refractivity contribution >= 4 is 42.6 Å². The van der Waals surface area contributed by atoms with Gasteiger partial charge in [-0.2, -0.15) is 0 Å². The van der Waals surface area contributed by atoms with E-state index in [-0.39, 0.29) is 16.9 Å². The zero-order valence-electron chi connectivity index (χ0n) is 13.1. The number of carboxylic acid groups (broad SMARTS) is 2. The maximum Gasteiger partial charge on any atom is 0.356 e. The van der Waals surface area contributed by atoms with Crippen molar-refractivity contribution in [3.63, 3.8) is 0 Å². The summed E-state index contributed by atoms with van der Waals surface area (Å²) in [6.45, 7) is 0. The van der Waals surface area contributed by atoms with E-state index in [4.69, 9.17) is 15.9 Å². The Hall–Kier alpha value is -2.11. The van der Waals surface area contributed by atoms with Gasteiger partial charge in [-0.25, -0.2) is 14.6 Å². The lowest BCUT2D eigenvalue weighted by atomic mass is 10.2.